The Kier molecular flexibility index (Phi) is 8.05. The second-order valence-corrected chi connectivity index (χ2v) is 11.6. The van der Waals surface area contributed by atoms with Gasteiger partial charge in [-0.3, -0.25) is 4.90 Å². The summed E-state index contributed by atoms with van der Waals surface area (Å²) in [4.78, 5) is 16.7. The van der Waals surface area contributed by atoms with Gasteiger partial charge in [-0.2, -0.15) is 0 Å². The standard InChI is InChI=1S/C28H38BClN2O4/c1-20(2)19-34-26(33)32-14-12-31(13-15-32)25(21-10-8-7-9-11-21)22-16-23(18-24(30)17-22)29-35-27(3,4)28(5,6)36-29/h7-11,16-18,20,25H,12-15,19H2,1-6H3. The molecule has 2 aromatic rings. The lowest BCUT2D eigenvalue weighted by Crippen LogP contribution is -2.50. The molecule has 2 fully saturated rings. The Morgan fingerprint density at radius 2 is 1.58 bits per heavy atom. The topological polar surface area (TPSA) is 51.2 Å². The van der Waals surface area contributed by atoms with Gasteiger partial charge in [-0.15, -0.1) is 0 Å². The average Bonchev–Trinajstić information content (AvgIpc) is 3.05. The Bertz CT molecular complexity index is 1040. The molecule has 2 heterocycles. The second kappa shape index (κ2) is 10.7. The molecule has 1 amide bonds. The van der Waals surface area contributed by atoms with E-state index in [2.05, 4.69) is 62.9 Å². The Labute approximate surface area is 221 Å². The van der Waals surface area contributed by atoms with Crippen molar-refractivity contribution in [3.63, 3.8) is 0 Å². The average molecular weight is 513 g/mol. The summed E-state index contributed by atoms with van der Waals surface area (Å²) >= 11 is 6.67. The van der Waals surface area contributed by atoms with Gasteiger partial charge in [0.05, 0.1) is 23.9 Å². The van der Waals surface area contributed by atoms with Crippen molar-refractivity contribution in [3.05, 3.63) is 64.7 Å². The summed E-state index contributed by atoms with van der Waals surface area (Å²) < 4.78 is 18.1. The molecule has 0 saturated carbocycles. The van der Waals surface area contributed by atoms with Crippen LogP contribution < -0.4 is 5.46 Å². The van der Waals surface area contributed by atoms with Crippen LogP contribution >= 0.6 is 11.6 Å². The van der Waals surface area contributed by atoms with Crippen LogP contribution in [0.25, 0.3) is 0 Å². The van der Waals surface area contributed by atoms with Crippen LogP contribution in [0.3, 0.4) is 0 Å². The lowest BCUT2D eigenvalue weighted by molar-refractivity contribution is 0.00578. The molecular weight excluding hydrogens is 475 g/mol. The summed E-state index contributed by atoms with van der Waals surface area (Å²) in [6.07, 6.45) is -0.231. The first-order valence-corrected chi connectivity index (χ1v) is 13.2. The first-order chi connectivity index (χ1) is 17.0. The van der Waals surface area contributed by atoms with Crippen molar-refractivity contribution in [2.75, 3.05) is 32.8 Å². The normalized spacial score (nSPS) is 20.6. The molecule has 1 unspecified atom stereocenters. The highest BCUT2D eigenvalue weighted by atomic mass is 35.5. The number of hydrogen-bond donors (Lipinski definition) is 0. The maximum Gasteiger partial charge on any atom is 0.494 e. The molecule has 0 bridgehead atoms. The van der Waals surface area contributed by atoms with Crippen LogP contribution in [0.2, 0.25) is 5.02 Å². The highest BCUT2D eigenvalue weighted by Gasteiger charge is 2.51. The fourth-order valence-electron chi connectivity index (χ4n) is 4.65. The lowest BCUT2D eigenvalue weighted by Gasteiger charge is -2.39. The summed E-state index contributed by atoms with van der Waals surface area (Å²) in [5.41, 5.74) is 2.30. The molecule has 4 rings (SSSR count). The highest BCUT2D eigenvalue weighted by molar-refractivity contribution is 6.62. The van der Waals surface area contributed by atoms with Crippen LogP contribution in [-0.4, -0.2) is 67.0 Å². The number of benzene rings is 2. The monoisotopic (exact) mass is 512 g/mol. The predicted molar refractivity (Wildman–Crippen MR) is 145 cm³/mol. The summed E-state index contributed by atoms with van der Waals surface area (Å²) in [6, 6.07) is 16.5. The molecular formula is C28H38BClN2O4. The van der Waals surface area contributed by atoms with Crippen LogP contribution in [0.15, 0.2) is 48.5 Å². The van der Waals surface area contributed by atoms with Gasteiger partial charge in [0.25, 0.3) is 0 Å². The maximum absolute atomic E-state index is 12.5. The van der Waals surface area contributed by atoms with E-state index in [9.17, 15) is 4.79 Å². The van der Waals surface area contributed by atoms with Crippen molar-refractivity contribution in [1.82, 2.24) is 9.80 Å². The number of piperazine rings is 1. The van der Waals surface area contributed by atoms with E-state index < -0.39 is 18.3 Å². The van der Waals surface area contributed by atoms with Gasteiger partial charge >= 0.3 is 13.2 Å². The van der Waals surface area contributed by atoms with Crippen molar-refractivity contribution in [1.29, 1.82) is 0 Å². The third-order valence-electron chi connectivity index (χ3n) is 7.38. The molecule has 0 aromatic heterocycles. The number of amides is 1. The van der Waals surface area contributed by atoms with E-state index in [4.69, 9.17) is 25.6 Å². The zero-order valence-corrected chi connectivity index (χ0v) is 23.0. The van der Waals surface area contributed by atoms with Gasteiger partial charge in [-0.05, 0) is 62.3 Å². The molecule has 2 aromatic carbocycles. The molecule has 6 nitrogen and oxygen atoms in total. The van der Waals surface area contributed by atoms with E-state index in [1.807, 2.05) is 32.0 Å². The van der Waals surface area contributed by atoms with Gasteiger partial charge in [0.2, 0.25) is 0 Å². The minimum atomic E-state index is -0.489. The zero-order valence-electron chi connectivity index (χ0n) is 22.3. The molecule has 0 aliphatic carbocycles. The Morgan fingerprint density at radius 3 is 2.17 bits per heavy atom. The van der Waals surface area contributed by atoms with Gasteiger partial charge in [0, 0.05) is 31.2 Å². The van der Waals surface area contributed by atoms with Gasteiger partial charge < -0.3 is 18.9 Å². The van der Waals surface area contributed by atoms with Crippen LogP contribution in [-0.2, 0) is 14.0 Å². The number of nitrogens with zero attached hydrogens (tertiary/aromatic N) is 2. The molecule has 1 atom stereocenters. The van der Waals surface area contributed by atoms with Crippen molar-refractivity contribution >= 4 is 30.3 Å². The van der Waals surface area contributed by atoms with Crippen molar-refractivity contribution in [2.24, 2.45) is 5.92 Å². The van der Waals surface area contributed by atoms with E-state index in [0.29, 0.717) is 30.6 Å². The SMILES string of the molecule is CC(C)COC(=O)N1CCN(C(c2ccccc2)c2cc(Cl)cc(B3OC(C)(C)C(C)(C)O3)c2)CC1. The van der Waals surface area contributed by atoms with Crippen molar-refractivity contribution in [2.45, 2.75) is 58.8 Å². The summed E-state index contributed by atoms with van der Waals surface area (Å²) in [7, 11) is -0.489. The van der Waals surface area contributed by atoms with E-state index in [0.717, 1.165) is 24.1 Å². The van der Waals surface area contributed by atoms with Crippen molar-refractivity contribution in [3.8, 4) is 0 Å². The number of carbonyl (C=O) groups excluding carboxylic acids is 1. The number of carbonyl (C=O) groups is 1. The number of hydrogen-bond acceptors (Lipinski definition) is 5. The Morgan fingerprint density at radius 1 is 0.972 bits per heavy atom. The zero-order chi connectivity index (χ0) is 26.1. The molecule has 2 saturated heterocycles. The molecule has 0 N–H and O–H groups in total. The molecule has 194 valence electrons. The summed E-state index contributed by atoms with van der Waals surface area (Å²) in [5.74, 6) is 0.318. The summed E-state index contributed by atoms with van der Waals surface area (Å²) in [5, 5.41) is 0.647. The van der Waals surface area contributed by atoms with Gasteiger partial charge in [0.1, 0.15) is 0 Å². The first-order valence-electron chi connectivity index (χ1n) is 12.8. The molecule has 0 radical (unpaired) electrons. The third-order valence-corrected chi connectivity index (χ3v) is 7.59. The van der Waals surface area contributed by atoms with Crippen molar-refractivity contribution < 1.29 is 18.8 Å². The molecule has 2 aliphatic heterocycles. The first kappa shape index (κ1) is 27.0. The minimum Gasteiger partial charge on any atom is -0.449 e. The second-order valence-electron chi connectivity index (χ2n) is 11.2. The van der Waals surface area contributed by atoms with Gasteiger partial charge in [-0.25, -0.2) is 4.79 Å². The van der Waals surface area contributed by atoms with Crippen LogP contribution in [0, 0.1) is 5.92 Å². The molecule has 36 heavy (non-hydrogen) atoms. The maximum atomic E-state index is 12.5. The lowest BCUT2D eigenvalue weighted by atomic mass is 9.77. The third kappa shape index (κ3) is 5.91. The highest BCUT2D eigenvalue weighted by Crippen LogP contribution is 2.37. The summed E-state index contributed by atoms with van der Waals surface area (Å²) in [6.45, 7) is 15.4. The predicted octanol–water partition coefficient (Wildman–Crippen LogP) is 5.14. The van der Waals surface area contributed by atoms with Gasteiger partial charge in [-0.1, -0.05) is 61.8 Å². The van der Waals surface area contributed by atoms with E-state index in [-0.39, 0.29) is 12.1 Å². The molecule has 2 aliphatic rings. The Balaban J connectivity index is 1.59. The number of rotatable bonds is 6. The fourth-order valence-corrected chi connectivity index (χ4v) is 4.90. The fraction of sp³-hybridized carbons (Fsp3) is 0.536. The van der Waals surface area contributed by atoms with Crippen LogP contribution in [0.5, 0.6) is 0 Å². The quantitative estimate of drug-likeness (QED) is 0.502. The van der Waals surface area contributed by atoms with Gasteiger partial charge in [0.15, 0.2) is 0 Å². The van der Waals surface area contributed by atoms with E-state index in [1.165, 1.54) is 5.56 Å². The van der Waals surface area contributed by atoms with Crippen LogP contribution in [0.1, 0.15) is 58.7 Å². The minimum absolute atomic E-state index is 0.0140. The number of ether oxygens (including phenoxy) is 1. The molecule has 0 spiro atoms. The van der Waals surface area contributed by atoms with E-state index in [1.54, 1.807) is 4.90 Å². The smallest absolute Gasteiger partial charge is 0.449 e. The Hall–Kier alpha value is -2.06. The molecule has 8 heteroatoms. The largest absolute Gasteiger partial charge is 0.494 e. The van der Waals surface area contributed by atoms with Crippen LogP contribution in [0.4, 0.5) is 4.79 Å². The van der Waals surface area contributed by atoms with E-state index >= 15 is 0 Å². The number of halogens is 1.